The molecule has 0 radical (unpaired) electrons. The smallest absolute Gasteiger partial charge is 0.193 e. The van der Waals surface area contributed by atoms with Crippen LogP contribution in [0.1, 0.15) is 10.4 Å². The first-order valence-electron chi connectivity index (χ1n) is 3.26. The molecule has 0 amide bonds. The van der Waals surface area contributed by atoms with Crippen LogP contribution in [0.25, 0.3) is 0 Å². The Morgan fingerprint density at radius 2 is 2.00 bits per heavy atom. The van der Waals surface area contributed by atoms with Crippen LogP contribution < -0.4 is 0 Å². The quantitative estimate of drug-likeness (QED) is 0.518. The molecule has 1 aromatic carbocycles. The molecule has 0 unspecified atom stereocenters. The highest BCUT2D eigenvalue weighted by Gasteiger charge is 2.07. The molecule has 3 nitrogen and oxygen atoms in total. The first kappa shape index (κ1) is 8.52. The van der Waals surface area contributed by atoms with Crippen molar-refractivity contribution < 1.29 is 19.4 Å². The number of phenols is 2. The average Bonchev–Trinajstić information content (AvgIpc) is 2.08. The lowest BCUT2D eigenvalue weighted by Gasteiger charge is -1.99. The van der Waals surface area contributed by atoms with Crippen LogP contribution in [0.4, 0.5) is 4.39 Å². The van der Waals surface area contributed by atoms with Gasteiger partial charge in [0.15, 0.2) is 24.0 Å². The SMILES string of the molecule is O=C(CF)c1ccc(O)c(O)c1. The lowest BCUT2D eigenvalue weighted by atomic mass is 10.1. The zero-order chi connectivity index (χ0) is 9.14. The molecule has 64 valence electrons. The van der Waals surface area contributed by atoms with Crippen LogP contribution in [0.3, 0.4) is 0 Å². The number of alkyl halides is 1. The lowest BCUT2D eigenvalue weighted by Crippen LogP contribution is -1.99. The average molecular weight is 170 g/mol. The van der Waals surface area contributed by atoms with Crippen LogP contribution in [0.5, 0.6) is 11.5 Å². The van der Waals surface area contributed by atoms with Gasteiger partial charge in [-0.25, -0.2) is 4.39 Å². The summed E-state index contributed by atoms with van der Waals surface area (Å²) < 4.78 is 11.8. The summed E-state index contributed by atoms with van der Waals surface area (Å²) in [5.41, 5.74) is 0.0489. The number of hydrogen-bond donors (Lipinski definition) is 2. The summed E-state index contributed by atoms with van der Waals surface area (Å²) in [6, 6.07) is 3.41. The largest absolute Gasteiger partial charge is 0.504 e. The van der Waals surface area contributed by atoms with Crippen LogP contribution in [0.2, 0.25) is 0 Å². The molecule has 0 aromatic heterocycles. The van der Waals surface area contributed by atoms with E-state index in [1.54, 1.807) is 0 Å². The number of aromatic hydroxyl groups is 2. The summed E-state index contributed by atoms with van der Waals surface area (Å²) in [6.07, 6.45) is 0. The van der Waals surface area contributed by atoms with Crippen molar-refractivity contribution in [1.29, 1.82) is 0 Å². The van der Waals surface area contributed by atoms with Gasteiger partial charge in [-0.2, -0.15) is 0 Å². The molecule has 2 N–H and O–H groups in total. The molecule has 0 fully saturated rings. The van der Waals surface area contributed by atoms with Crippen LogP contribution in [0, 0.1) is 0 Å². The summed E-state index contributed by atoms with van der Waals surface area (Å²) in [6.45, 7) is -1.11. The Morgan fingerprint density at radius 1 is 1.33 bits per heavy atom. The molecule has 4 heteroatoms. The molecular weight excluding hydrogens is 163 g/mol. The minimum absolute atomic E-state index is 0.0489. The molecule has 1 aromatic rings. The van der Waals surface area contributed by atoms with Gasteiger partial charge in [0, 0.05) is 5.56 Å². The van der Waals surface area contributed by atoms with Crippen molar-refractivity contribution in [2.24, 2.45) is 0 Å². The topological polar surface area (TPSA) is 57.5 Å². The van der Waals surface area contributed by atoms with Crippen molar-refractivity contribution in [2.45, 2.75) is 0 Å². The van der Waals surface area contributed by atoms with Gasteiger partial charge in [-0.15, -0.1) is 0 Å². The number of phenolic OH excluding ortho intramolecular Hbond substituents is 2. The van der Waals surface area contributed by atoms with Gasteiger partial charge in [0.05, 0.1) is 0 Å². The molecule has 1 rings (SSSR count). The Hall–Kier alpha value is -1.58. The summed E-state index contributed by atoms with van der Waals surface area (Å²) in [7, 11) is 0. The van der Waals surface area contributed by atoms with E-state index >= 15 is 0 Å². The van der Waals surface area contributed by atoms with Crippen LogP contribution >= 0.6 is 0 Å². The van der Waals surface area contributed by atoms with E-state index in [0.29, 0.717) is 0 Å². The van der Waals surface area contributed by atoms with E-state index in [-0.39, 0.29) is 11.3 Å². The summed E-state index contributed by atoms with van der Waals surface area (Å²) in [5.74, 6) is -1.47. The maximum absolute atomic E-state index is 11.8. The Kier molecular flexibility index (Phi) is 2.28. The Bertz CT molecular complexity index is 309. The second-order valence-electron chi connectivity index (χ2n) is 2.26. The number of rotatable bonds is 2. The van der Waals surface area contributed by atoms with Gasteiger partial charge >= 0.3 is 0 Å². The molecule has 0 heterocycles. The van der Waals surface area contributed by atoms with E-state index in [2.05, 4.69) is 0 Å². The first-order chi connectivity index (χ1) is 5.65. The zero-order valence-electron chi connectivity index (χ0n) is 6.12. The number of ketones is 1. The molecule has 0 saturated carbocycles. The normalized spacial score (nSPS) is 9.75. The monoisotopic (exact) mass is 170 g/mol. The van der Waals surface area contributed by atoms with Crippen molar-refractivity contribution in [1.82, 2.24) is 0 Å². The molecule has 0 saturated heterocycles. The van der Waals surface area contributed by atoms with Gasteiger partial charge in [-0.3, -0.25) is 4.79 Å². The van der Waals surface area contributed by atoms with E-state index in [1.807, 2.05) is 0 Å². The third-order valence-electron chi connectivity index (χ3n) is 1.42. The molecule has 12 heavy (non-hydrogen) atoms. The third-order valence-corrected chi connectivity index (χ3v) is 1.42. The van der Waals surface area contributed by atoms with Crippen LogP contribution in [-0.2, 0) is 0 Å². The van der Waals surface area contributed by atoms with Crippen molar-refractivity contribution in [3.8, 4) is 11.5 Å². The zero-order valence-corrected chi connectivity index (χ0v) is 6.12. The van der Waals surface area contributed by atoms with E-state index in [1.165, 1.54) is 6.07 Å². The fourth-order valence-corrected chi connectivity index (χ4v) is 0.774. The molecule has 0 bridgehead atoms. The van der Waals surface area contributed by atoms with E-state index in [4.69, 9.17) is 10.2 Å². The van der Waals surface area contributed by atoms with Gasteiger partial charge in [-0.05, 0) is 18.2 Å². The summed E-state index contributed by atoms with van der Waals surface area (Å²) in [5, 5.41) is 17.8. The minimum Gasteiger partial charge on any atom is -0.504 e. The molecular formula is C8H7FO3. The van der Waals surface area contributed by atoms with Crippen molar-refractivity contribution >= 4 is 5.78 Å². The maximum Gasteiger partial charge on any atom is 0.193 e. The third kappa shape index (κ3) is 1.53. The summed E-state index contributed by atoms with van der Waals surface area (Å²) in [4.78, 5) is 10.7. The van der Waals surface area contributed by atoms with Gasteiger partial charge in [-0.1, -0.05) is 0 Å². The lowest BCUT2D eigenvalue weighted by molar-refractivity contribution is 0.0958. The maximum atomic E-state index is 11.8. The number of carbonyl (C=O) groups excluding carboxylic acids is 1. The van der Waals surface area contributed by atoms with Crippen molar-refractivity contribution in [3.63, 3.8) is 0 Å². The standard InChI is InChI=1S/C8H7FO3/c9-4-8(12)5-1-2-6(10)7(11)3-5/h1-3,10-11H,4H2. The molecule has 0 aliphatic carbocycles. The number of Topliss-reactive ketones (excluding diaryl/α,β-unsaturated/α-hetero) is 1. The Labute approximate surface area is 68.1 Å². The van der Waals surface area contributed by atoms with Gasteiger partial charge in [0.1, 0.15) is 0 Å². The Morgan fingerprint density at radius 3 is 2.50 bits per heavy atom. The van der Waals surface area contributed by atoms with Gasteiger partial charge in [0.25, 0.3) is 0 Å². The minimum atomic E-state index is -1.11. The number of halogens is 1. The van der Waals surface area contributed by atoms with Gasteiger partial charge in [0.2, 0.25) is 0 Å². The highest BCUT2D eigenvalue weighted by Crippen LogP contribution is 2.24. The number of hydrogen-bond acceptors (Lipinski definition) is 3. The Balaban J connectivity index is 3.05. The fourth-order valence-electron chi connectivity index (χ4n) is 0.774. The predicted octanol–water partition coefficient (Wildman–Crippen LogP) is 1.25. The van der Waals surface area contributed by atoms with E-state index < -0.39 is 18.2 Å². The van der Waals surface area contributed by atoms with Crippen LogP contribution in [0.15, 0.2) is 18.2 Å². The second kappa shape index (κ2) is 3.21. The van der Waals surface area contributed by atoms with E-state index in [0.717, 1.165) is 12.1 Å². The molecule has 0 aliphatic rings. The highest BCUT2D eigenvalue weighted by molar-refractivity contribution is 5.97. The van der Waals surface area contributed by atoms with Crippen LogP contribution in [-0.4, -0.2) is 22.7 Å². The molecule has 0 atom stereocenters. The first-order valence-corrected chi connectivity index (χ1v) is 3.26. The number of benzene rings is 1. The number of carbonyl (C=O) groups is 1. The fraction of sp³-hybridized carbons (Fsp3) is 0.125. The molecule has 0 aliphatic heterocycles. The van der Waals surface area contributed by atoms with Crippen molar-refractivity contribution in [3.05, 3.63) is 23.8 Å². The van der Waals surface area contributed by atoms with E-state index in [9.17, 15) is 9.18 Å². The predicted molar refractivity (Wildman–Crippen MR) is 40.1 cm³/mol. The second-order valence-corrected chi connectivity index (χ2v) is 2.26. The van der Waals surface area contributed by atoms with Gasteiger partial charge < -0.3 is 10.2 Å². The molecule has 0 spiro atoms. The van der Waals surface area contributed by atoms with Crippen molar-refractivity contribution in [2.75, 3.05) is 6.67 Å². The highest BCUT2D eigenvalue weighted by atomic mass is 19.1. The summed E-state index contributed by atoms with van der Waals surface area (Å²) >= 11 is 0.